The minimum Gasteiger partial charge on any atom is -0.378 e. The monoisotopic (exact) mass is 332 g/mol. The topological polar surface area (TPSA) is 61.5 Å². The summed E-state index contributed by atoms with van der Waals surface area (Å²) in [6, 6.07) is 4.49. The molecule has 7 heteroatoms. The summed E-state index contributed by atoms with van der Waals surface area (Å²) >= 11 is 0. The summed E-state index contributed by atoms with van der Waals surface area (Å²) in [7, 11) is 0. The van der Waals surface area contributed by atoms with Crippen molar-refractivity contribution in [2.24, 2.45) is 0 Å². The summed E-state index contributed by atoms with van der Waals surface area (Å²) in [6.45, 7) is 3.18. The highest BCUT2D eigenvalue weighted by atomic mass is 19.1. The number of nitrogens with one attached hydrogen (secondary N) is 1. The Hall–Kier alpha value is -2.15. The fourth-order valence-corrected chi connectivity index (χ4v) is 3.54. The van der Waals surface area contributed by atoms with Gasteiger partial charge in [0.15, 0.2) is 0 Å². The fourth-order valence-electron chi connectivity index (χ4n) is 3.54. The highest BCUT2D eigenvalue weighted by Crippen LogP contribution is 2.31. The molecule has 0 saturated carbocycles. The van der Waals surface area contributed by atoms with Gasteiger partial charge in [-0.15, -0.1) is 0 Å². The Morgan fingerprint density at radius 3 is 2.92 bits per heavy atom. The van der Waals surface area contributed by atoms with Crippen LogP contribution in [-0.4, -0.2) is 58.6 Å². The van der Waals surface area contributed by atoms with Crippen LogP contribution in [0.2, 0.25) is 0 Å². The maximum atomic E-state index is 13.4. The molecule has 2 aliphatic rings. The first-order valence-electron chi connectivity index (χ1n) is 8.51. The van der Waals surface area contributed by atoms with Crippen LogP contribution in [0.3, 0.4) is 0 Å². The molecule has 1 N–H and O–H groups in total. The molecule has 2 saturated heterocycles. The molecule has 2 fully saturated rings. The maximum Gasteiger partial charge on any atom is 0.320 e. The van der Waals surface area contributed by atoms with Crippen molar-refractivity contribution >= 4 is 17.1 Å². The van der Waals surface area contributed by atoms with Gasteiger partial charge >= 0.3 is 6.03 Å². The second kappa shape index (κ2) is 6.39. The number of halogens is 1. The number of aromatic amines is 1. The molecule has 2 aromatic rings. The Morgan fingerprint density at radius 2 is 2.08 bits per heavy atom. The van der Waals surface area contributed by atoms with Crippen LogP contribution < -0.4 is 0 Å². The molecule has 4 rings (SSSR count). The van der Waals surface area contributed by atoms with Gasteiger partial charge < -0.3 is 19.5 Å². The number of imidazole rings is 1. The predicted molar refractivity (Wildman–Crippen MR) is 87.1 cm³/mol. The number of carbonyl (C=O) groups is 1. The number of amides is 2. The molecule has 0 aliphatic carbocycles. The van der Waals surface area contributed by atoms with Crippen LogP contribution in [0.4, 0.5) is 9.18 Å². The van der Waals surface area contributed by atoms with Crippen LogP contribution in [0.15, 0.2) is 18.2 Å². The van der Waals surface area contributed by atoms with Gasteiger partial charge in [-0.05, 0) is 37.5 Å². The molecule has 2 aliphatic heterocycles. The van der Waals surface area contributed by atoms with Gasteiger partial charge in [0.05, 0.1) is 30.3 Å². The zero-order valence-electron chi connectivity index (χ0n) is 13.5. The molecule has 0 radical (unpaired) electrons. The number of ether oxygens (including phenoxy) is 1. The van der Waals surface area contributed by atoms with E-state index in [1.165, 1.54) is 12.1 Å². The molecule has 1 aromatic heterocycles. The van der Waals surface area contributed by atoms with E-state index in [9.17, 15) is 9.18 Å². The molecule has 1 unspecified atom stereocenters. The number of hydrogen-bond acceptors (Lipinski definition) is 3. The lowest BCUT2D eigenvalue weighted by atomic mass is 10.0. The Labute approximate surface area is 139 Å². The van der Waals surface area contributed by atoms with E-state index in [0.717, 1.165) is 37.1 Å². The largest absolute Gasteiger partial charge is 0.378 e. The van der Waals surface area contributed by atoms with Crippen molar-refractivity contribution in [2.45, 2.75) is 25.3 Å². The number of hydrogen-bond donors (Lipinski definition) is 1. The van der Waals surface area contributed by atoms with Crippen molar-refractivity contribution in [2.75, 3.05) is 32.8 Å². The van der Waals surface area contributed by atoms with Crippen molar-refractivity contribution in [3.63, 3.8) is 0 Å². The molecule has 3 heterocycles. The number of fused-ring (bicyclic) bond motifs is 1. The van der Waals surface area contributed by atoms with E-state index in [-0.39, 0.29) is 17.9 Å². The van der Waals surface area contributed by atoms with Crippen LogP contribution >= 0.6 is 0 Å². The smallest absolute Gasteiger partial charge is 0.320 e. The van der Waals surface area contributed by atoms with Crippen LogP contribution in [-0.2, 0) is 4.74 Å². The van der Waals surface area contributed by atoms with Gasteiger partial charge in [0.1, 0.15) is 11.6 Å². The molecule has 1 atom stereocenters. The summed E-state index contributed by atoms with van der Waals surface area (Å²) in [6.07, 6.45) is 2.93. The summed E-state index contributed by atoms with van der Waals surface area (Å²) in [5.74, 6) is 0.458. The normalized spacial score (nSPS) is 22.1. The summed E-state index contributed by atoms with van der Waals surface area (Å²) < 4.78 is 18.7. The SMILES string of the molecule is O=C(N1CCOCC1)N1CCCCC1c1nc2ccc(F)cc2[nH]1. The number of benzene rings is 1. The Bertz CT molecular complexity index is 741. The first kappa shape index (κ1) is 15.4. The summed E-state index contributed by atoms with van der Waals surface area (Å²) in [5.41, 5.74) is 1.41. The highest BCUT2D eigenvalue weighted by molar-refractivity contribution is 5.77. The Balaban J connectivity index is 1.61. The molecule has 1 aromatic carbocycles. The average molecular weight is 332 g/mol. The number of carbonyl (C=O) groups excluding carboxylic acids is 1. The number of piperidine rings is 1. The van der Waals surface area contributed by atoms with Crippen LogP contribution in [0, 0.1) is 5.82 Å². The van der Waals surface area contributed by atoms with E-state index < -0.39 is 0 Å². The van der Waals surface area contributed by atoms with Crippen molar-refractivity contribution in [1.82, 2.24) is 19.8 Å². The van der Waals surface area contributed by atoms with Crippen molar-refractivity contribution in [3.05, 3.63) is 29.8 Å². The number of nitrogens with zero attached hydrogens (tertiary/aromatic N) is 3. The number of morpholine rings is 1. The van der Waals surface area contributed by atoms with Gasteiger partial charge in [0.2, 0.25) is 0 Å². The molecule has 6 nitrogen and oxygen atoms in total. The average Bonchev–Trinajstić information content (AvgIpc) is 3.05. The van der Waals surface area contributed by atoms with Gasteiger partial charge in [-0.3, -0.25) is 0 Å². The molecule has 0 spiro atoms. The summed E-state index contributed by atoms with van der Waals surface area (Å²) in [5, 5.41) is 0. The quantitative estimate of drug-likeness (QED) is 0.873. The minimum atomic E-state index is -0.289. The second-order valence-corrected chi connectivity index (χ2v) is 6.37. The number of likely N-dealkylation sites (tertiary alicyclic amines) is 1. The number of rotatable bonds is 1. The molecule has 2 amide bonds. The number of H-pyrrole nitrogens is 1. The molecule has 128 valence electrons. The van der Waals surface area contributed by atoms with Gasteiger partial charge in [0.25, 0.3) is 0 Å². The molecule has 24 heavy (non-hydrogen) atoms. The van der Waals surface area contributed by atoms with Crippen molar-refractivity contribution < 1.29 is 13.9 Å². The minimum absolute atomic E-state index is 0.0506. The van der Waals surface area contributed by atoms with E-state index in [2.05, 4.69) is 9.97 Å². The van der Waals surface area contributed by atoms with Crippen LogP contribution in [0.25, 0.3) is 11.0 Å². The molecular formula is C17H21FN4O2. The third-order valence-corrected chi connectivity index (χ3v) is 4.81. The third kappa shape index (κ3) is 2.84. The van der Waals surface area contributed by atoms with Gasteiger partial charge in [-0.2, -0.15) is 0 Å². The van der Waals surface area contributed by atoms with Gasteiger partial charge in [-0.1, -0.05) is 0 Å². The van der Waals surface area contributed by atoms with E-state index in [1.54, 1.807) is 6.07 Å². The Morgan fingerprint density at radius 1 is 1.25 bits per heavy atom. The van der Waals surface area contributed by atoms with E-state index in [4.69, 9.17) is 4.74 Å². The maximum absolute atomic E-state index is 13.4. The van der Waals surface area contributed by atoms with Crippen LogP contribution in [0.1, 0.15) is 31.1 Å². The molecule has 0 bridgehead atoms. The lowest BCUT2D eigenvalue weighted by molar-refractivity contribution is 0.0349. The zero-order valence-corrected chi connectivity index (χ0v) is 13.5. The first-order valence-corrected chi connectivity index (χ1v) is 8.51. The van der Waals surface area contributed by atoms with E-state index in [0.29, 0.717) is 31.8 Å². The van der Waals surface area contributed by atoms with Gasteiger partial charge in [-0.25, -0.2) is 14.2 Å². The third-order valence-electron chi connectivity index (χ3n) is 4.81. The second-order valence-electron chi connectivity index (χ2n) is 6.37. The van der Waals surface area contributed by atoms with Gasteiger partial charge in [0, 0.05) is 19.6 Å². The lowest BCUT2D eigenvalue weighted by Crippen LogP contribution is -2.50. The Kier molecular flexibility index (Phi) is 4.10. The molecular weight excluding hydrogens is 311 g/mol. The predicted octanol–water partition coefficient (Wildman–Crippen LogP) is 2.68. The lowest BCUT2D eigenvalue weighted by Gasteiger charge is -2.39. The van der Waals surface area contributed by atoms with Crippen molar-refractivity contribution in [3.8, 4) is 0 Å². The van der Waals surface area contributed by atoms with Crippen molar-refractivity contribution in [1.29, 1.82) is 0 Å². The van der Waals surface area contributed by atoms with Crippen LogP contribution in [0.5, 0.6) is 0 Å². The van der Waals surface area contributed by atoms with E-state index >= 15 is 0 Å². The highest BCUT2D eigenvalue weighted by Gasteiger charge is 2.33. The number of aromatic nitrogens is 2. The fraction of sp³-hybridized carbons (Fsp3) is 0.529. The summed E-state index contributed by atoms with van der Waals surface area (Å²) in [4.78, 5) is 24.5. The zero-order chi connectivity index (χ0) is 16.5. The number of urea groups is 1. The van der Waals surface area contributed by atoms with E-state index in [1.807, 2.05) is 9.80 Å². The first-order chi connectivity index (χ1) is 11.7. The standard InChI is InChI=1S/C17H21FN4O2/c18-12-4-5-13-14(11-12)20-16(19-13)15-3-1-2-6-22(15)17(23)21-7-9-24-10-8-21/h4-5,11,15H,1-3,6-10H2,(H,19,20).